The van der Waals surface area contributed by atoms with Crippen molar-refractivity contribution in [1.82, 2.24) is 15.6 Å². The number of hydrazine groups is 1. The van der Waals surface area contributed by atoms with E-state index in [1.165, 1.54) is 5.56 Å². The minimum absolute atomic E-state index is 0.00624. The van der Waals surface area contributed by atoms with Crippen molar-refractivity contribution in [1.29, 1.82) is 0 Å². The minimum Gasteiger partial charge on any atom is -0.459 e. The minimum atomic E-state index is -0.560. The molecule has 0 radical (unpaired) electrons. The van der Waals surface area contributed by atoms with E-state index in [1.54, 1.807) is 36.4 Å². The van der Waals surface area contributed by atoms with Gasteiger partial charge in [-0.3, -0.25) is 14.4 Å². The number of nitrogens with zero attached hydrogens (tertiary/aromatic N) is 2. The first-order valence-electron chi connectivity index (χ1n) is 25.9. The summed E-state index contributed by atoms with van der Waals surface area (Å²) in [7, 11) is 0. The van der Waals surface area contributed by atoms with Crippen LogP contribution in [0, 0.1) is 31.1 Å². The lowest BCUT2D eigenvalue weighted by Gasteiger charge is -2.31. The van der Waals surface area contributed by atoms with Gasteiger partial charge in [0.2, 0.25) is 5.69 Å². The van der Waals surface area contributed by atoms with Crippen LogP contribution in [-0.2, 0) is 12.8 Å². The summed E-state index contributed by atoms with van der Waals surface area (Å²) in [5, 5.41) is 11.2. The zero-order valence-corrected chi connectivity index (χ0v) is 46.3. The lowest BCUT2D eigenvalue weighted by molar-refractivity contribution is -0.624. The predicted molar refractivity (Wildman–Crippen MR) is 307 cm³/mol. The van der Waals surface area contributed by atoms with E-state index in [0.717, 1.165) is 28.9 Å². The Kier molecular flexibility index (Phi) is 16.7. The Balaban J connectivity index is 0.000000199. The second-order valence-corrected chi connectivity index (χ2v) is 22.9. The number of halogens is 2. The van der Waals surface area contributed by atoms with Gasteiger partial charge in [0, 0.05) is 75.9 Å². The molecule has 75 heavy (non-hydrogen) atoms. The molecule has 0 spiro atoms. The first kappa shape index (κ1) is 54.5. The third-order valence-electron chi connectivity index (χ3n) is 13.7. The molecule has 3 heterocycles. The van der Waals surface area contributed by atoms with Gasteiger partial charge in [-0.15, -0.1) is 0 Å². The number of aryl methyl sites for hydroxylation is 2. The van der Waals surface area contributed by atoms with Crippen molar-refractivity contribution >= 4 is 62.9 Å². The van der Waals surface area contributed by atoms with Gasteiger partial charge >= 0.3 is 0 Å². The zero-order chi connectivity index (χ0) is 53.8. The van der Waals surface area contributed by atoms with Crippen LogP contribution in [0.4, 0.5) is 5.69 Å². The van der Waals surface area contributed by atoms with E-state index in [9.17, 15) is 14.4 Å². The lowest BCUT2D eigenvalue weighted by atomic mass is 9.91. The van der Waals surface area contributed by atoms with Gasteiger partial charge in [-0.05, 0) is 101 Å². The second-order valence-electron chi connectivity index (χ2n) is 22.0. The molecule has 9 nitrogen and oxygen atoms in total. The molecule has 2 N–H and O–H groups in total. The Bertz CT molecular complexity index is 3460. The molecule has 6 aromatic carbocycles. The summed E-state index contributed by atoms with van der Waals surface area (Å²) in [4.78, 5) is 40.6. The van der Waals surface area contributed by atoms with Crippen LogP contribution in [0.3, 0.4) is 0 Å². The highest BCUT2D eigenvalue weighted by molar-refractivity contribution is 6.31. The van der Waals surface area contributed by atoms with Crippen LogP contribution < -0.4 is 21.5 Å². The number of fused-ring (bicyclic) bond motifs is 2. The molecule has 11 heteroatoms. The molecule has 0 fully saturated rings. The van der Waals surface area contributed by atoms with Crippen molar-refractivity contribution in [2.45, 2.75) is 99.7 Å². The lowest BCUT2D eigenvalue weighted by Crippen LogP contribution is -2.51. The van der Waals surface area contributed by atoms with Crippen molar-refractivity contribution in [3.05, 3.63) is 227 Å². The van der Waals surface area contributed by atoms with Gasteiger partial charge in [0.25, 0.3) is 5.91 Å². The zero-order valence-electron chi connectivity index (χ0n) is 44.8. The SMILES string of the molecule is Cc1ccc(C(=O)NC(C)(C)CNC(c2oc3cc(Cl)ccc3c(=O)c2Cc2ccccc2)C(C)C)cc1.Cc1ccc([N+]2=CC(C)(C)CN2C(c2oc3cc(Cl)ccc3c(=O)c2Cc2ccccc2)C(C)C)cc1. The first-order chi connectivity index (χ1) is 35.7. The number of hydrogen-bond acceptors (Lipinski definition) is 7. The van der Waals surface area contributed by atoms with Gasteiger partial charge in [-0.1, -0.05) is 152 Å². The van der Waals surface area contributed by atoms with Crippen molar-refractivity contribution in [3.8, 4) is 0 Å². The number of nitrogens with one attached hydrogen (secondary N) is 2. The van der Waals surface area contributed by atoms with E-state index < -0.39 is 5.54 Å². The molecule has 2 atom stereocenters. The number of hydrogen-bond donors (Lipinski definition) is 2. The van der Waals surface area contributed by atoms with Crippen LogP contribution in [-0.4, -0.2) is 40.4 Å². The molecular weight excluding hydrogens is 976 g/mol. The van der Waals surface area contributed by atoms with Crippen molar-refractivity contribution in [2.24, 2.45) is 17.3 Å². The van der Waals surface area contributed by atoms with Crippen LogP contribution >= 0.6 is 23.2 Å². The van der Waals surface area contributed by atoms with E-state index >= 15 is 0 Å². The van der Waals surface area contributed by atoms with Crippen LogP contribution in [0.2, 0.25) is 10.0 Å². The van der Waals surface area contributed by atoms with Gasteiger partial charge in [0.15, 0.2) is 17.1 Å². The Morgan fingerprint density at radius 3 is 1.64 bits per heavy atom. The fraction of sp³-hybridized carbons (Fsp3) is 0.312. The summed E-state index contributed by atoms with van der Waals surface area (Å²) < 4.78 is 15.4. The Labute approximate surface area is 451 Å². The van der Waals surface area contributed by atoms with E-state index in [2.05, 4.69) is 111 Å². The van der Waals surface area contributed by atoms with Crippen molar-refractivity contribution in [3.63, 3.8) is 0 Å². The normalized spacial score (nSPS) is 14.2. The smallest absolute Gasteiger partial charge is 0.251 e. The molecule has 0 aliphatic carbocycles. The highest BCUT2D eigenvalue weighted by atomic mass is 35.5. The van der Waals surface area contributed by atoms with E-state index in [0.29, 0.717) is 79.6 Å². The molecule has 1 aliphatic heterocycles. The summed E-state index contributed by atoms with van der Waals surface area (Å²) >= 11 is 12.6. The summed E-state index contributed by atoms with van der Waals surface area (Å²) in [6.45, 7) is 22.4. The molecule has 1 aliphatic rings. The van der Waals surface area contributed by atoms with Crippen LogP contribution in [0.5, 0.6) is 0 Å². The number of benzene rings is 6. The average molecular weight is 1050 g/mol. The molecule has 2 aromatic heterocycles. The van der Waals surface area contributed by atoms with Gasteiger partial charge in [0.05, 0.1) is 28.8 Å². The average Bonchev–Trinajstić information content (AvgIpc) is 3.69. The molecule has 388 valence electrons. The number of amides is 1. The third-order valence-corrected chi connectivity index (χ3v) is 14.2. The highest BCUT2D eigenvalue weighted by Crippen LogP contribution is 2.40. The summed E-state index contributed by atoms with van der Waals surface area (Å²) in [6, 6.07) is 46.1. The van der Waals surface area contributed by atoms with Crippen LogP contribution in [0.15, 0.2) is 164 Å². The maximum atomic E-state index is 14.0. The fourth-order valence-electron chi connectivity index (χ4n) is 9.87. The Hall–Kier alpha value is -6.78. The summed E-state index contributed by atoms with van der Waals surface area (Å²) in [5.41, 5.74) is 7.80. The molecule has 8 aromatic rings. The maximum absolute atomic E-state index is 14.0. The number of rotatable bonds is 15. The highest BCUT2D eigenvalue weighted by Gasteiger charge is 2.45. The van der Waals surface area contributed by atoms with E-state index in [-0.39, 0.29) is 46.1 Å². The predicted octanol–water partition coefficient (Wildman–Crippen LogP) is 14.6. The molecule has 2 unspecified atom stereocenters. The van der Waals surface area contributed by atoms with Gasteiger partial charge in [0.1, 0.15) is 28.7 Å². The van der Waals surface area contributed by atoms with Crippen molar-refractivity contribution < 1.29 is 18.3 Å². The number of hydrazone groups is 1. The number of carbonyl (C=O) groups excluding carboxylic acids is 1. The van der Waals surface area contributed by atoms with Crippen molar-refractivity contribution in [2.75, 3.05) is 13.1 Å². The fourth-order valence-corrected chi connectivity index (χ4v) is 10.2. The summed E-state index contributed by atoms with van der Waals surface area (Å²) in [5.74, 6) is 1.46. The quantitative estimate of drug-likeness (QED) is 0.0985. The van der Waals surface area contributed by atoms with Crippen LogP contribution in [0.25, 0.3) is 21.9 Å². The summed E-state index contributed by atoms with van der Waals surface area (Å²) in [6.07, 6.45) is 3.24. The van der Waals surface area contributed by atoms with Gasteiger partial charge < -0.3 is 19.5 Å². The molecule has 0 bridgehead atoms. The van der Waals surface area contributed by atoms with Gasteiger partial charge in [-0.25, -0.2) is 0 Å². The topological polar surface area (TPSA) is 108 Å². The Morgan fingerprint density at radius 2 is 1.15 bits per heavy atom. The maximum Gasteiger partial charge on any atom is 0.251 e. The van der Waals surface area contributed by atoms with E-state index in [1.807, 2.05) is 93.6 Å². The standard InChI is InChI=1S/C32H35ClN2O3.C32H34ClN2O2/c1-20(2)28(34-19-32(4,5)35-31(37)23-13-11-21(3)12-14-23)30-26(17-22-9-7-6-8-10-22)29(36)25-16-15-24(33)18-27(25)38-30;1-21(2)29(35-20-32(4,5)19-34(35)25-14-11-22(3)12-15-25)31-27(17-23-9-7-6-8-10-23)30(36)26-16-13-24(33)18-28(26)37-31/h6-16,18,20,28,34H,17,19H2,1-5H3,(H,35,37);6-16,18-19,21,29H,17,20H2,1-5H3/q;+1. The van der Waals surface area contributed by atoms with Crippen LogP contribution in [0.1, 0.15) is 123 Å². The molecule has 0 saturated carbocycles. The second kappa shape index (κ2) is 23.0. The molecule has 9 rings (SSSR count). The third kappa shape index (κ3) is 13.0. The van der Waals surface area contributed by atoms with E-state index in [4.69, 9.17) is 32.0 Å². The molecule has 0 saturated heterocycles. The van der Waals surface area contributed by atoms with Gasteiger partial charge in [-0.2, -0.15) is 5.01 Å². The monoisotopic (exact) mass is 1040 g/mol. The Morgan fingerprint density at radius 1 is 0.667 bits per heavy atom. The molecule has 1 amide bonds. The largest absolute Gasteiger partial charge is 0.459 e. The number of carbonyl (C=O) groups is 1. The first-order valence-corrected chi connectivity index (χ1v) is 26.6. The molecular formula is C64H69Cl2N4O5+.